The molecule has 2 aromatic rings. The Morgan fingerprint density at radius 1 is 0.875 bits per heavy atom. The zero-order valence-electron chi connectivity index (χ0n) is 8.51. The van der Waals surface area contributed by atoms with Gasteiger partial charge in [0, 0.05) is 11.6 Å². The van der Waals surface area contributed by atoms with Gasteiger partial charge in [-0.05, 0) is 0 Å². The van der Waals surface area contributed by atoms with E-state index in [2.05, 4.69) is 20.8 Å². The van der Waals surface area contributed by atoms with Crippen molar-refractivity contribution in [3.8, 4) is 11.4 Å². The zero-order valence-corrected chi connectivity index (χ0v) is 8.51. The molecule has 1 aromatic heterocycles. The highest BCUT2D eigenvalue weighted by Crippen LogP contribution is 2.18. The number of nitrogens with two attached hydrogens (primary N) is 2. The molecule has 0 bridgehead atoms. The second-order valence-electron chi connectivity index (χ2n) is 3.12. The maximum atomic E-state index is 5.31. The van der Waals surface area contributed by atoms with Crippen LogP contribution in [0.2, 0.25) is 0 Å². The molecule has 16 heavy (non-hydrogen) atoms. The van der Waals surface area contributed by atoms with E-state index in [-0.39, 0.29) is 0 Å². The Morgan fingerprint density at radius 3 is 1.94 bits per heavy atom. The minimum Gasteiger partial charge on any atom is -0.308 e. The second-order valence-corrected chi connectivity index (χ2v) is 3.12. The molecule has 0 aliphatic heterocycles. The number of benzene rings is 1. The fourth-order valence-corrected chi connectivity index (χ4v) is 1.31. The highest BCUT2D eigenvalue weighted by Gasteiger charge is 2.04. The van der Waals surface area contributed by atoms with Gasteiger partial charge in [0.2, 0.25) is 0 Å². The standard InChI is InChI=1S/C10H12N6/c11-15-8-6-9(16-12)14-10(13-8)7-4-2-1-3-5-7/h1-6H,11-12H2,(H2,13,14,15,16). The van der Waals surface area contributed by atoms with Crippen LogP contribution in [0.15, 0.2) is 36.4 Å². The van der Waals surface area contributed by atoms with Crippen LogP contribution >= 0.6 is 0 Å². The molecular formula is C10H12N6. The van der Waals surface area contributed by atoms with Gasteiger partial charge in [0.25, 0.3) is 0 Å². The molecule has 0 spiro atoms. The first kappa shape index (κ1) is 10.3. The fraction of sp³-hybridized carbons (Fsp3) is 0. The molecule has 6 heteroatoms. The summed E-state index contributed by atoms with van der Waals surface area (Å²) in [7, 11) is 0. The van der Waals surface area contributed by atoms with Crippen molar-refractivity contribution < 1.29 is 0 Å². The van der Waals surface area contributed by atoms with Gasteiger partial charge >= 0.3 is 0 Å². The molecule has 0 radical (unpaired) electrons. The molecule has 0 aliphatic carbocycles. The molecule has 0 amide bonds. The molecule has 6 nitrogen and oxygen atoms in total. The predicted octanol–water partition coefficient (Wildman–Crippen LogP) is 0.715. The van der Waals surface area contributed by atoms with Crippen LogP contribution in [0.3, 0.4) is 0 Å². The van der Waals surface area contributed by atoms with Crippen LogP contribution in [0.25, 0.3) is 11.4 Å². The number of nitrogens with zero attached hydrogens (tertiary/aromatic N) is 2. The summed E-state index contributed by atoms with van der Waals surface area (Å²) >= 11 is 0. The van der Waals surface area contributed by atoms with Crippen LogP contribution in [0.5, 0.6) is 0 Å². The van der Waals surface area contributed by atoms with E-state index in [1.54, 1.807) is 6.07 Å². The van der Waals surface area contributed by atoms with E-state index in [0.717, 1.165) is 5.56 Å². The Bertz CT molecular complexity index is 448. The summed E-state index contributed by atoms with van der Waals surface area (Å²) in [6.45, 7) is 0. The van der Waals surface area contributed by atoms with Gasteiger partial charge in [-0.3, -0.25) is 0 Å². The zero-order chi connectivity index (χ0) is 11.4. The average molecular weight is 216 g/mol. The minimum absolute atomic E-state index is 0.502. The number of hydrogen-bond donors (Lipinski definition) is 4. The number of nitrogen functional groups attached to an aromatic ring is 2. The van der Waals surface area contributed by atoms with Crippen molar-refractivity contribution in [2.24, 2.45) is 11.7 Å². The summed E-state index contributed by atoms with van der Waals surface area (Å²) in [5, 5.41) is 0. The lowest BCUT2D eigenvalue weighted by atomic mass is 10.2. The number of aromatic nitrogens is 2. The van der Waals surface area contributed by atoms with Crippen molar-refractivity contribution in [3.63, 3.8) is 0 Å². The van der Waals surface area contributed by atoms with Crippen LogP contribution in [0, 0.1) is 0 Å². The Labute approximate surface area is 92.6 Å². The van der Waals surface area contributed by atoms with Crippen molar-refractivity contribution in [1.82, 2.24) is 9.97 Å². The molecule has 0 aliphatic rings. The van der Waals surface area contributed by atoms with E-state index in [1.807, 2.05) is 30.3 Å². The van der Waals surface area contributed by atoms with Crippen LogP contribution in [-0.4, -0.2) is 9.97 Å². The molecule has 0 fully saturated rings. The van der Waals surface area contributed by atoms with Crippen molar-refractivity contribution in [3.05, 3.63) is 36.4 Å². The largest absolute Gasteiger partial charge is 0.308 e. The van der Waals surface area contributed by atoms with E-state index in [0.29, 0.717) is 17.5 Å². The van der Waals surface area contributed by atoms with Crippen molar-refractivity contribution >= 4 is 11.6 Å². The van der Waals surface area contributed by atoms with Crippen LogP contribution in [0.1, 0.15) is 0 Å². The molecule has 2 rings (SSSR count). The van der Waals surface area contributed by atoms with E-state index in [1.165, 1.54) is 0 Å². The Kier molecular flexibility index (Phi) is 2.95. The first-order chi connectivity index (χ1) is 7.83. The van der Waals surface area contributed by atoms with Gasteiger partial charge in [0.1, 0.15) is 11.6 Å². The summed E-state index contributed by atoms with van der Waals surface area (Å²) in [6.07, 6.45) is 0. The number of anilines is 2. The highest BCUT2D eigenvalue weighted by molar-refractivity contribution is 5.60. The number of hydrogen-bond acceptors (Lipinski definition) is 6. The lowest BCUT2D eigenvalue weighted by Crippen LogP contribution is -2.13. The summed E-state index contributed by atoms with van der Waals surface area (Å²) in [5.74, 6) is 12.2. The van der Waals surface area contributed by atoms with Gasteiger partial charge in [-0.1, -0.05) is 30.3 Å². The van der Waals surface area contributed by atoms with Crippen molar-refractivity contribution in [2.45, 2.75) is 0 Å². The Hall–Kier alpha value is -2.18. The summed E-state index contributed by atoms with van der Waals surface area (Å²) in [5.41, 5.74) is 5.83. The molecule has 1 heterocycles. The first-order valence-electron chi connectivity index (χ1n) is 4.71. The van der Waals surface area contributed by atoms with Crippen LogP contribution in [-0.2, 0) is 0 Å². The SMILES string of the molecule is NNc1cc(NN)nc(-c2ccccc2)n1. The molecule has 6 N–H and O–H groups in total. The lowest BCUT2D eigenvalue weighted by molar-refractivity contribution is 1.12. The number of rotatable bonds is 3. The number of nitrogens with one attached hydrogen (secondary N) is 2. The summed E-state index contributed by atoms with van der Waals surface area (Å²) in [4.78, 5) is 8.45. The quantitative estimate of drug-likeness (QED) is 0.445. The third-order valence-corrected chi connectivity index (χ3v) is 2.05. The topological polar surface area (TPSA) is 102 Å². The maximum Gasteiger partial charge on any atom is 0.163 e. The van der Waals surface area contributed by atoms with E-state index >= 15 is 0 Å². The average Bonchev–Trinajstić information content (AvgIpc) is 2.39. The second kappa shape index (κ2) is 4.56. The third-order valence-electron chi connectivity index (χ3n) is 2.05. The maximum absolute atomic E-state index is 5.31. The van der Waals surface area contributed by atoms with Gasteiger partial charge in [-0.25, -0.2) is 21.7 Å². The molecule has 0 unspecified atom stereocenters. The minimum atomic E-state index is 0.502. The molecule has 0 saturated heterocycles. The number of hydrazine groups is 2. The van der Waals surface area contributed by atoms with Gasteiger partial charge in [0.15, 0.2) is 5.82 Å². The normalized spacial score (nSPS) is 9.88. The van der Waals surface area contributed by atoms with Crippen molar-refractivity contribution in [2.75, 3.05) is 10.9 Å². The molecule has 1 aromatic carbocycles. The predicted molar refractivity (Wildman–Crippen MR) is 63.1 cm³/mol. The molecular weight excluding hydrogens is 204 g/mol. The van der Waals surface area contributed by atoms with Gasteiger partial charge in [-0.2, -0.15) is 0 Å². The molecule has 0 saturated carbocycles. The molecule has 82 valence electrons. The highest BCUT2D eigenvalue weighted by atomic mass is 15.3. The van der Waals surface area contributed by atoms with E-state index in [4.69, 9.17) is 11.7 Å². The van der Waals surface area contributed by atoms with E-state index in [9.17, 15) is 0 Å². The van der Waals surface area contributed by atoms with Crippen molar-refractivity contribution in [1.29, 1.82) is 0 Å². The van der Waals surface area contributed by atoms with E-state index < -0.39 is 0 Å². The van der Waals surface area contributed by atoms with Gasteiger partial charge in [0.05, 0.1) is 0 Å². The fourth-order valence-electron chi connectivity index (χ4n) is 1.31. The Morgan fingerprint density at radius 2 is 1.44 bits per heavy atom. The van der Waals surface area contributed by atoms with Crippen LogP contribution < -0.4 is 22.5 Å². The summed E-state index contributed by atoms with van der Waals surface area (Å²) in [6, 6.07) is 11.2. The monoisotopic (exact) mass is 216 g/mol. The van der Waals surface area contributed by atoms with Crippen LogP contribution in [0.4, 0.5) is 11.6 Å². The smallest absolute Gasteiger partial charge is 0.163 e. The lowest BCUT2D eigenvalue weighted by Gasteiger charge is -2.06. The third kappa shape index (κ3) is 2.08. The van der Waals surface area contributed by atoms with Gasteiger partial charge in [-0.15, -0.1) is 0 Å². The summed E-state index contributed by atoms with van der Waals surface area (Å²) < 4.78 is 0. The Balaban J connectivity index is 2.48. The van der Waals surface area contributed by atoms with Gasteiger partial charge < -0.3 is 10.9 Å². The molecule has 0 atom stereocenters. The first-order valence-corrected chi connectivity index (χ1v) is 4.71.